The van der Waals surface area contributed by atoms with Gasteiger partial charge in [-0.2, -0.15) is 10.4 Å². The molecule has 0 saturated carbocycles. The van der Waals surface area contributed by atoms with Gasteiger partial charge in [0.1, 0.15) is 11.8 Å². The molecule has 0 spiro atoms. The quantitative estimate of drug-likeness (QED) is 0.154. The molecule has 5 aromatic rings. The van der Waals surface area contributed by atoms with E-state index in [1.807, 2.05) is 73.1 Å². The molecule has 3 aromatic carbocycles. The summed E-state index contributed by atoms with van der Waals surface area (Å²) in [5.41, 5.74) is 7.75. The Kier molecular flexibility index (Phi) is 11.5. The zero-order valence-electron chi connectivity index (χ0n) is 25.1. The summed E-state index contributed by atoms with van der Waals surface area (Å²) in [7, 11) is 1.90. The minimum atomic E-state index is -0.330. The summed E-state index contributed by atoms with van der Waals surface area (Å²) in [5.74, 6) is -0.0868. The highest BCUT2D eigenvalue weighted by Gasteiger charge is 2.15. The maximum atomic E-state index is 14.8. The van der Waals surface area contributed by atoms with E-state index in [-0.39, 0.29) is 11.7 Å². The molecular weight excluding hydrogens is 523 g/mol. The first-order chi connectivity index (χ1) is 20.3. The third-order valence-corrected chi connectivity index (χ3v) is 6.60. The normalized spacial score (nSPS) is 11.0. The number of allylic oxidation sites excluding steroid dienone is 4. The molecule has 2 aromatic heterocycles. The molecule has 2 heterocycles. The van der Waals surface area contributed by atoms with Gasteiger partial charge in [0.05, 0.1) is 28.4 Å². The van der Waals surface area contributed by atoms with Crippen molar-refractivity contribution < 1.29 is 4.39 Å². The summed E-state index contributed by atoms with van der Waals surface area (Å²) in [6.45, 7) is 16.0. The van der Waals surface area contributed by atoms with Crippen LogP contribution in [0, 0.1) is 23.1 Å². The minimum absolute atomic E-state index is 0.243. The number of hydrogen-bond donors (Lipinski definition) is 2. The average Bonchev–Trinajstić information content (AvgIpc) is 3.61. The van der Waals surface area contributed by atoms with E-state index in [9.17, 15) is 4.39 Å². The predicted octanol–water partition coefficient (Wildman–Crippen LogP) is 8.30. The Bertz CT molecular complexity index is 1710. The molecule has 216 valence electrons. The molecule has 6 nitrogen and oxygen atoms in total. The number of halogens is 1. The van der Waals surface area contributed by atoms with Crippen LogP contribution in [0.3, 0.4) is 0 Å². The highest BCUT2D eigenvalue weighted by Crippen LogP contribution is 2.30. The summed E-state index contributed by atoms with van der Waals surface area (Å²) in [4.78, 5) is 4.31. The lowest BCUT2D eigenvalue weighted by Gasteiger charge is -2.13. The lowest BCUT2D eigenvalue weighted by Crippen LogP contribution is -2.05. The van der Waals surface area contributed by atoms with Crippen LogP contribution in [0.15, 0.2) is 92.3 Å². The topological polar surface area (TPSA) is 82.3 Å². The number of imidazole rings is 1. The van der Waals surface area contributed by atoms with E-state index in [4.69, 9.17) is 5.26 Å². The second-order valence-electron chi connectivity index (χ2n) is 9.96. The van der Waals surface area contributed by atoms with Crippen molar-refractivity contribution in [1.82, 2.24) is 25.1 Å². The van der Waals surface area contributed by atoms with Crippen LogP contribution < -0.4 is 5.32 Å². The fourth-order valence-corrected chi connectivity index (χ4v) is 4.53. The second kappa shape index (κ2) is 15.3. The van der Waals surface area contributed by atoms with E-state index in [0.29, 0.717) is 12.1 Å². The second-order valence-corrected chi connectivity index (χ2v) is 9.96. The van der Waals surface area contributed by atoms with E-state index < -0.39 is 0 Å². The van der Waals surface area contributed by atoms with Gasteiger partial charge >= 0.3 is 0 Å². The van der Waals surface area contributed by atoms with Crippen molar-refractivity contribution in [2.75, 3.05) is 7.05 Å². The molecule has 0 unspecified atom stereocenters. The van der Waals surface area contributed by atoms with Crippen molar-refractivity contribution in [1.29, 1.82) is 5.26 Å². The van der Waals surface area contributed by atoms with E-state index in [1.54, 1.807) is 24.5 Å². The van der Waals surface area contributed by atoms with Crippen molar-refractivity contribution in [3.8, 4) is 11.8 Å². The van der Waals surface area contributed by atoms with Gasteiger partial charge in [0.15, 0.2) is 5.82 Å². The summed E-state index contributed by atoms with van der Waals surface area (Å²) in [6.07, 6.45) is 8.12. The van der Waals surface area contributed by atoms with Gasteiger partial charge in [-0.15, -0.1) is 6.58 Å². The Morgan fingerprint density at radius 1 is 1.14 bits per heavy atom. The largest absolute Gasteiger partial charge is 0.314 e. The third kappa shape index (κ3) is 7.48. The molecule has 0 saturated heterocycles. The van der Waals surface area contributed by atoms with Gasteiger partial charge in [0.2, 0.25) is 0 Å². The fraction of sp³-hybridized carbons (Fsp3) is 0.229. The number of hydrogen-bond acceptors (Lipinski definition) is 4. The maximum Gasteiger partial charge on any atom is 0.151 e. The molecule has 0 aliphatic heterocycles. The van der Waals surface area contributed by atoms with Gasteiger partial charge in [-0.05, 0) is 85.5 Å². The Morgan fingerprint density at radius 3 is 2.45 bits per heavy atom. The Hall–Kier alpha value is -4.80. The molecule has 0 atom stereocenters. The molecule has 0 fully saturated rings. The lowest BCUT2D eigenvalue weighted by atomic mass is 9.94. The van der Waals surface area contributed by atoms with Gasteiger partial charge < -0.3 is 5.32 Å². The summed E-state index contributed by atoms with van der Waals surface area (Å²) < 4.78 is 16.7. The van der Waals surface area contributed by atoms with E-state index >= 15 is 0 Å². The van der Waals surface area contributed by atoms with Crippen LogP contribution >= 0.6 is 0 Å². The monoisotopic (exact) mass is 562 g/mol. The van der Waals surface area contributed by atoms with Gasteiger partial charge in [0.25, 0.3) is 0 Å². The van der Waals surface area contributed by atoms with Crippen LogP contribution in [-0.2, 0) is 13.0 Å². The fourth-order valence-electron chi connectivity index (χ4n) is 4.53. The Morgan fingerprint density at radius 2 is 1.86 bits per heavy atom. The number of nitrogens with one attached hydrogen (secondary N) is 2. The summed E-state index contributed by atoms with van der Waals surface area (Å²) in [5, 5.41) is 20.1. The van der Waals surface area contributed by atoms with Crippen molar-refractivity contribution in [3.63, 3.8) is 0 Å². The van der Waals surface area contributed by atoms with E-state index in [0.717, 1.165) is 50.9 Å². The molecule has 0 bridgehead atoms. The molecule has 0 radical (unpaired) electrons. The van der Waals surface area contributed by atoms with Crippen LogP contribution in [-0.4, -0.2) is 26.8 Å². The van der Waals surface area contributed by atoms with Crippen LogP contribution in [0.4, 0.5) is 4.39 Å². The summed E-state index contributed by atoms with van der Waals surface area (Å²) in [6, 6.07) is 19.3. The standard InChI is InChI=1S/C23H24FN5.C9H9N.C3H6/c1-5-6-17(14(2)3)15-9-19(24)23-22(10-15)29(13-26-23)16-7-8-18-20(11-16)27-28-21(18)12-25-4;1-2-8-3-5-9(7-10)6-4-8;1-3-2/h5-11,13-14,25H,1,12H2,2-4H3,(H,27,28);3-6H,2H2,1H3;3H,1H2,2H3/b17-6+;;. The molecule has 2 N–H and O–H groups in total. The number of H-pyrrole nitrogens is 1. The molecule has 5 rings (SSSR count). The lowest BCUT2D eigenvalue weighted by molar-refractivity contribution is 0.636. The SMILES string of the molecule is C=C/C=C(/c1cc(F)c2ncn(-c3ccc4c(CNC)[nH]nc4c3)c2c1)C(C)C.C=CC.CCc1ccc(C#N)cc1. The maximum absolute atomic E-state index is 14.8. The van der Waals surface area contributed by atoms with Crippen molar-refractivity contribution in [2.45, 2.75) is 40.7 Å². The Labute approximate surface area is 247 Å². The number of aryl methyl sites for hydroxylation is 1. The summed E-state index contributed by atoms with van der Waals surface area (Å²) >= 11 is 0. The molecule has 42 heavy (non-hydrogen) atoms. The van der Waals surface area contributed by atoms with Crippen LogP contribution in [0.2, 0.25) is 0 Å². The van der Waals surface area contributed by atoms with Crippen molar-refractivity contribution in [3.05, 3.63) is 121 Å². The number of aromatic nitrogens is 4. The molecule has 7 heteroatoms. The highest BCUT2D eigenvalue weighted by atomic mass is 19.1. The molecule has 0 aliphatic carbocycles. The first-order valence-electron chi connectivity index (χ1n) is 14.0. The van der Waals surface area contributed by atoms with Crippen LogP contribution in [0.1, 0.15) is 50.1 Å². The number of rotatable bonds is 7. The Balaban J connectivity index is 0.000000311. The van der Waals surface area contributed by atoms with Gasteiger partial charge in [-0.1, -0.05) is 57.7 Å². The first kappa shape index (κ1) is 31.7. The number of nitrogens with zero attached hydrogens (tertiary/aromatic N) is 4. The number of benzene rings is 3. The highest BCUT2D eigenvalue weighted by molar-refractivity contribution is 5.86. The molecule has 0 aliphatic rings. The van der Waals surface area contributed by atoms with Crippen LogP contribution in [0.25, 0.3) is 33.2 Å². The molecular formula is C35H39FN6. The van der Waals surface area contributed by atoms with Gasteiger partial charge in [0, 0.05) is 17.6 Å². The van der Waals surface area contributed by atoms with E-state index in [1.165, 1.54) is 5.56 Å². The van der Waals surface area contributed by atoms with E-state index in [2.05, 4.69) is 60.5 Å². The zero-order chi connectivity index (χ0) is 30.6. The third-order valence-electron chi connectivity index (χ3n) is 6.60. The average molecular weight is 563 g/mol. The predicted molar refractivity (Wildman–Crippen MR) is 173 cm³/mol. The smallest absolute Gasteiger partial charge is 0.151 e. The number of aromatic amines is 1. The van der Waals surface area contributed by atoms with Gasteiger partial charge in [-0.3, -0.25) is 9.67 Å². The van der Waals surface area contributed by atoms with Crippen LogP contribution in [0.5, 0.6) is 0 Å². The van der Waals surface area contributed by atoms with Crippen molar-refractivity contribution >= 4 is 27.5 Å². The first-order valence-corrected chi connectivity index (χ1v) is 14.0. The van der Waals surface area contributed by atoms with Crippen molar-refractivity contribution in [2.24, 2.45) is 5.92 Å². The minimum Gasteiger partial charge on any atom is -0.314 e. The molecule has 0 amide bonds. The zero-order valence-corrected chi connectivity index (χ0v) is 25.1. The van der Waals surface area contributed by atoms with Gasteiger partial charge in [-0.25, -0.2) is 9.37 Å². The number of nitriles is 1. The number of fused-ring (bicyclic) bond motifs is 2.